The normalized spacial score (nSPS) is 18.5. The van der Waals surface area contributed by atoms with Crippen LogP contribution in [0.25, 0.3) is 0 Å². The molecule has 1 saturated heterocycles. The first-order chi connectivity index (χ1) is 11.4. The molecule has 134 valence electrons. The first-order valence-electron chi connectivity index (χ1n) is 8.12. The molecule has 2 rings (SSSR count). The molecule has 4 nitrogen and oxygen atoms in total. The number of urea groups is 1. The summed E-state index contributed by atoms with van der Waals surface area (Å²) >= 11 is 0. The fourth-order valence-corrected chi connectivity index (χ4v) is 3.05. The maximum absolute atomic E-state index is 13.0. The summed E-state index contributed by atoms with van der Waals surface area (Å²) in [6, 6.07) is 5.08. The van der Waals surface area contributed by atoms with Gasteiger partial charge in [0.2, 0.25) is 0 Å². The molecule has 0 unspecified atom stereocenters. The lowest BCUT2D eigenvalue weighted by Crippen LogP contribution is -2.48. The second kappa shape index (κ2) is 8.37. The predicted molar refractivity (Wildman–Crippen MR) is 84.5 cm³/mol. The van der Waals surface area contributed by atoms with E-state index in [0.29, 0.717) is 13.2 Å². The Bertz CT molecular complexity index is 549. The molecule has 2 amide bonds. The summed E-state index contributed by atoms with van der Waals surface area (Å²) in [6.45, 7) is 1.05. The van der Waals surface area contributed by atoms with E-state index in [1.54, 1.807) is 18.1 Å². The van der Waals surface area contributed by atoms with Crippen molar-refractivity contribution >= 4 is 6.03 Å². The average molecular weight is 344 g/mol. The van der Waals surface area contributed by atoms with Gasteiger partial charge in [0.25, 0.3) is 0 Å². The number of benzene rings is 1. The van der Waals surface area contributed by atoms with E-state index in [1.165, 1.54) is 12.1 Å². The highest BCUT2D eigenvalue weighted by Gasteiger charge is 2.33. The van der Waals surface area contributed by atoms with Crippen LogP contribution in [0, 0.1) is 0 Å². The fourth-order valence-electron chi connectivity index (χ4n) is 3.05. The fraction of sp³-hybridized carbons (Fsp3) is 0.588. The van der Waals surface area contributed by atoms with Crippen molar-refractivity contribution in [3.05, 3.63) is 35.4 Å². The molecule has 0 spiro atoms. The van der Waals surface area contributed by atoms with Crippen LogP contribution >= 0.6 is 0 Å². The van der Waals surface area contributed by atoms with E-state index in [1.807, 2.05) is 0 Å². The maximum atomic E-state index is 13.0. The molecule has 1 N–H and O–H groups in total. The molecule has 7 heteroatoms. The van der Waals surface area contributed by atoms with Gasteiger partial charge in [0.1, 0.15) is 0 Å². The molecule has 0 radical (unpaired) electrons. The summed E-state index contributed by atoms with van der Waals surface area (Å²) in [5.41, 5.74) is -0.635. The van der Waals surface area contributed by atoms with Gasteiger partial charge in [-0.1, -0.05) is 18.2 Å². The van der Waals surface area contributed by atoms with Gasteiger partial charge in [-0.3, -0.25) is 0 Å². The first kappa shape index (κ1) is 18.6. The second-order valence-electron chi connectivity index (χ2n) is 5.94. The maximum Gasteiger partial charge on any atom is 0.416 e. The third kappa shape index (κ3) is 4.87. The zero-order chi connectivity index (χ0) is 17.6. The number of piperidine rings is 1. The standard InChI is InChI=1S/C17H23F3N2O2/c1-24-11-9-14-7-4-5-10-22(14)16(23)21-12-13-6-2-3-8-15(13)17(18,19)20/h2-3,6,8,14H,4-5,7,9-12H2,1H3,(H,21,23)/t14-/m1/s1. The van der Waals surface area contributed by atoms with Gasteiger partial charge in [-0.2, -0.15) is 13.2 Å². The zero-order valence-corrected chi connectivity index (χ0v) is 13.7. The quantitative estimate of drug-likeness (QED) is 0.883. The van der Waals surface area contributed by atoms with Crippen molar-refractivity contribution in [2.24, 2.45) is 0 Å². The third-order valence-corrected chi connectivity index (χ3v) is 4.30. The van der Waals surface area contributed by atoms with Crippen LogP contribution in [0.1, 0.15) is 36.8 Å². The minimum absolute atomic E-state index is 0.0730. The number of ether oxygens (including phenoxy) is 1. The van der Waals surface area contributed by atoms with E-state index in [4.69, 9.17) is 4.74 Å². The van der Waals surface area contributed by atoms with Crippen molar-refractivity contribution in [1.82, 2.24) is 10.2 Å². The summed E-state index contributed by atoms with van der Waals surface area (Å²) in [5, 5.41) is 2.63. The summed E-state index contributed by atoms with van der Waals surface area (Å²) in [7, 11) is 1.61. The summed E-state index contributed by atoms with van der Waals surface area (Å²) in [6.07, 6.45) is -0.822. The number of carbonyl (C=O) groups excluding carboxylic acids is 1. The van der Waals surface area contributed by atoms with E-state index in [0.717, 1.165) is 31.7 Å². The smallest absolute Gasteiger partial charge is 0.385 e. The second-order valence-corrected chi connectivity index (χ2v) is 5.94. The Morgan fingerprint density at radius 2 is 2.08 bits per heavy atom. The van der Waals surface area contributed by atoms with Crippen molar-refractivity contribution in [3.8, 4) is 0 Å². The molecule has 1 aromatic rings. The van der Waals surface area contributed by atoms with Crippen LogP contribution in [0.2, 0.25) is 0 Å². The van der Waals surface area contributed by atoms with Crippen LogP contribution in [0.15, 0.2) is 24.3 Å². The highest BCUT2D eigenvalue weighted by molar-refractivity contribution is 5.74. The van der Waals surface area contributed by atoms with Crippen molar-refractivity contribution in [2.45, 2.75) is 44.4 Å². The first-order valence-corrected chi connectivity index (χ1v) is 8.12. The number of methoxy groups -OCH3 is 1. The van der Waals surface area contributed by atoms with E-state index < -0.39 is 11.7 Å². The number of hydrogen-bond donors (Lipinski definition) is 1. The predicted octanol–water partition coefficient (Wildman–Crippen LogP) is 3.81. The molecule has 0 saturated carbocycles. The lowest BCUT2D eigenvalue weighted by atomic mass is 10.00. The van der Waals surface area contributed by atoms with Gasteiger partial charge in [0, 0.05) is 32.8 Å². The number of carbonyl (C=O) groups is 1. The van der Waals surface area contributed by atoms with E-state index in [-0.39, 0.29) is 24.2 Å². The lowest BCUT2D eigenvalue weighted by Gasteiger charge is -2.35. The van der Waals surface area contributed by atoms with Crippen LogP contribution in [0.5, 0.6) is 0 Å². The largest absolute Gasteiger partial charge is 0.416 e. The van der Waals surface area contributed by atoms with E-state index in [2.05, 4.69) is 5.32 Å². The molecule has 1 aromatic carbocycles. The Labute approximate surface area is 140 Å². The molecule has 0 aliphatic carbocycles. The van der Waals surface area contributed by atoms with Crippen molar-refractivity contribution in [2.75, 3.05) is 20.3 Å². The highest BCUT2D eigenvalue weighted by Crippen LogP contribution is 2.31. The topological polar surface area (TPSA) is 41.6 Å². The van der Waals surface area contributed by atoms with Crippen LogP contribution < -0.4 is 5.32 Å². The Morgan fingerprint density at radius 1 is 1.33 bits per heavy atom. The minimum Gasteiger partial charge on any atom is -0.385 e. The number of rotatable bonds is 5. The van der Waals surface area contributed by atoms with E-state index in [9.17, 15) is 18.0 Å². The number of nitrogens with one attached hydrogen (secondary N) is 1. The molecule has 0 bridgehead atoms. The Hall–Kier alpha value is -1.76. The van der Waals surface area contributed by atoms with Crippen LogP contribution in [0.3, 0.4) is 0 Å². The molecule has 1 heterocycles. The SMILES string of the molecule is COCC[C@H]1CCCCN1C(=O)NCc1ccccc1C(F)(F)F. The van der Waals surface area contributed by atoms with Crippen molar-refractivity contribution in [3.63, 3.8) is 0 Å². The highest BCUT2D eigenvalue weighted by atomic mass is 19.4. The monoisotopic (exact) mass is 344 g/mol. The molecule has 24 heavy (non-hydrogen) atoms. The van der Waals surface area contributed by atoms with Crippen LogP contribution in [0.4, 0.5) is 18.0 Å². The number of likely N-dealkylation sites (tertiary alicyclic amines) is 1. The van der Waals surface area contributed by atoms with Gasteiger partial charge < -0.3 is 15.0 Å². The molecule has 0 aromatic heterocycles. The minimum atomic E-state index is -4.42. The molecular weight excluding hydrogens is 321 g/mol. The van der Waals surface area contributed by atoms with Gasteiger partial charge in [-0.15, -0.1) is 0 Å². The average Bonchev–Trinajstić information content (AvgIpc) is 2.57. The van der Waals surface area contributed by atoms with Gasteiger partial charge >= 0.3 is 12.2 Å². The number of hydrogen-bond acceptors (Lipinski definition) is 2. The molecule has 1 aliphatic heterocycles. The molecule has 1 fully saturated rings. The number of amides is 2. The van der Waals surface area contributed by atoms with Gasteiger partial charge in [-0.05, 0) is 37.3 Å². The number of nitrogens with zero attached hydrogens (tertiary/aromatic N) is 1. The lowest BCUT2D eigenvalue weighted by molar-refractivity contribution is -0.138. The zero-order valence-electron chi connectivity index (χ0n) is 13.7. The molecule has 1 aliphatic rings. The number of alkyl halides is 3. The Morgan fingerprint density at radius 3 is 2.79 bits per heavy atom. The van der Waals surface area contributed by atoms with Gasteiger partial charge in [0.15, 0.2) is 0 Å². The summed E-state index contributed by atoms with van der Waals surface area (Å²) in [5.74, 6) is 0. The van der Waals surface area contributed by atoms with Crippen molar-refractivity contribution < 1.29 is 22.7 Å². The van der Waals surface area contributed by atoms with Crippen LogP contribution in [-0.4, -0.2) is 37.2 Å². The van der Waals surface area contributed by atoms with Crippen molar-refractivity contribution in [1.29, 1.82) is 0 Å². The summed E-state index contributed by atoms with van der Waals surface area (Å²) in [4.78, 5) is 14.1. The number of halogens is 3. The molecule has 1 atom stereocenters. The third-order valence-electron chi connectivity index (χ3n) is 4.30. The Kier molecular flexibility index (Phi) is 6.48. The summed E-state index contributed by atoms with van der Waals surface area (Å²) < 4.78 is 44.0. The van der Waals surface area contributed by atoms with E-state index >= 15 is 0 Å². The molecular formula is C17H23F3N2O2. The van der Waals surface area contributed by atoms with Gasteiger partial charge in [0.05, 0.1) is 5.56 Å². The van der Waals surface area contributed by atoms with Crippen LogP contribution in [-0.2, 0) is 17.5 Å². The Balaban J connectivity index is 1.99. The van der Waals surface area contributed by atoms with Gasteiger partial charge in [-0.25, -0.2) is 4.79 Å².